The van der Waals surface area contributed by atoms with Gasteiger partial charge < -0.3 is 22.9 Å². The van der Waals surface area contributed by atoms with E-state index in [0.717, 1.165) is 25.7 Å². The van der Waals surface area contributed by atoms with E-state index in [1.165, 1.54) is 0 Å². The molecule has 72 valence electrons. The van der Waals surface area contributed by atoms with Crippen LogP contribution in [0.2, 0.25) is 0 Å². The second kappa shape index (κ2) is 3.70. The zero-order chi connectivity index (χ0) is 9.19. The van der Waals surface area contributed by atoms with Crippen LogP contribution in [0.15, 0.2) is 0 Å². The SMILES string of the molecule is NCC(N)C1(N)CCCCC1N. The minimum absolute atomic E-state index is 0.0183. The van der Waals surface area contributed by atoms with E-state index in [9.17, 15) is 0 Å². The molecule has 0 amide bonds. The first kappa shape index (κ1) is 9.92. The Kier molecular flexibility index (Phi) is 3.06. The molecule has 0 aromatic rings. The molecule has 0 spiro atoms. The van der Waals surface area contributed by atoms with Gasteiger partial charge in [-0.25, -0.2) is 0 Å². The summed E-state index contributed by atoms with van der Waals surface area (Å²) >= 11 is 0. The molecule has 1 aliphatic rings. The van der Waals surface area contributed by atoms with E-state index >= 15 is 0 Å². The number of rotatable bonds is 2. The highest BCUT2D eigenvalue weighted by molar-refractivity contribution is 5.04. The Bertz CT molecular complexity index is 144. The van der Waals surface area contributed by atoms with Gasteiger partial charge in [-0.1, -0.05) is 12.8 Å². The Labute approximate surface area is 73.6 Å². The van der Waals surface area contributed by atoms with Crippen molar-refractivity contribution in [2.24, 2.45) is 22.9 Å². The summed E-state index contributed by atoms with van der Waals surface area (Å²) in [5.74, 6) is 0. The topological polar surface area (TPSA) is 104 Å². The van der Waals surface area contributed by atoms with Gasteiger partial charge in [0, 0.05) is 24.2 Å². The van der Waals surface area contributed by atoms with Gasteiger partial charge in [0.15, 0.2) is 0 Å². The van der Waals surface area contributed by atoms with Crippen LogP contribution in [0.1, 0.15) is 25.7 Å². The molecule has 1 saturated carbocycles. The summed E-state index contributed by atoms with van der Waals surface area (Å²) in [7, 11) is 0. The van der Waals surface area contributed by atoms with Crippen molar-refractivity contribution in [1.82, 2.24) is 0 Å². The van der Waals surface area contributed by atoms with Crippen LogP contribution in [0.25, 0.3) is 0 Å². The third-order valence-electron chi connectivity index (χ3n) is 3.01. The van der Waals surface area contributed by atoms with Gasteiger partial charge in [-0.05, 0) is 12.8 Å². The van der Waals surface area contributed by atoms with Crippen LogP contribution < -0.4 is 22.9 Å². The van der Waals surface area contributed by atoms with Gasteiger partial charge in [0.25, 0.3) is 0 Å². The first-order valence-electron chi connectivity index (χ1n) is 4.61. The standard InChI is InChI=1S/C8H20N4/c9-5-7(11)8(12)4-2-1-3-6(8)10/h6-7H,1-5,9-12H2. The second-order valence-electron chi connectivity index (χ2n) is 3.81. The molecular weight excluding hydrogens is 152 g/mol. The Morgan fingerprint density at radius 3 is 2.58 bits per heavy atom. The van der Waals surface area contributed by atoms with E-state index in [1.807, 2.05) is 0 Å². The molecule has 12 heavy (non-hydrogen) atoms. The molecule has 4 nitrogen and oxygen atoms in total. The van der Waals surface area contributed by atoms with Crippen molar-refractivity contribution in [3.8, 4) is 0 Å². The van der Waals surface area contributed by atoms with Gasteiger partial charge in [-0.2, -0.15) is 0 Å². The van der Waals surface area contributed by atoms with E-state index in [1.54, 1.807) is 0 Å². The lowest BCUT2D eigenvalue weighted by molar-refractivity contribution is 0.214. The summed E-state index contributed by atoms with van der Waals surface area (Å²) in [6.07, 6.45) is 4.17. The maximum Gasteiger partial charge on any atom is 0.0473 e. The molecule has 3 atom stereocenters. The van der Waals surface area contributed by atoms with E-state index in [-0.39, 0.29) is 12.1 Å². The number of nitrogens with two attached hydrogens (primary N) is 4. The number of hydrogen-bond acceptors (Lipinski definition) is 4. The summed E-state index contributed by atoms with van der Waals surface area (Å²) in [5, 5.41) is 0. The minimum atomic E-state index is -0.424. The van der Waals surface area contributed by atoms with Crippen LogP contribution in [0.3, 0.4) is 0 Å². The molecular formula is C8H20N4. The molecule has 0 aromatic carbocycles. The highest BCUT2D eigenvalue weighted by Gasteiger charge is 2.39. The Morgan fingerprint density at radius 2 is 2.08 bits per heavy atom. The molecule has 4 heteroatoms. The first-order valence-corrected chi connectivity index (χ1v) is 4.61. The molecule has 1 fully saturated rings. The minimum Gasteiger partial charge on any atom is -0.329 e. The van der Waals surface area contributed by atoms with Crippen molar-refractivity contribution in [3.63, 3.8) is 0 Å². The second-order valence-corrected chi connectivity index (χ2v) is 3.81. The molecule has 0 aromatic heterocycles. The van der Waals surface area contributed by atoms with Gasteiger partial charge in [-0.3, -0.25) is 0 Å². The molecule has 1 aliphatic carbocycles. The van der Waals surface area contributed by atoms with Crippen molar-refractivity contribution in [2.45, 2.75) is 43.3 Å². The van der Waals surface area contributed by atoms with Crippen LogP contribution in [-0.4, -0.2) is 24.2 Å². The average molecular weight is 172 g/mol. The van der Waals surface area contributed by atoms with E-state index < -0.39 is 5.54 Å². The fourth-order valence-electron chi connectivity index (χ4n) is 1.93. The van der Waals surface area contributed by atoms with E-state index in [2.05, 4.69) is 0 Å². The monoisotopic (exact) mass is 172 g/mol. The smallest absolute Gasteiger partial charge is 0.0473 e. The summed E-state index contributed by atoms with van der Waals surface area (Å²) < 4.78 is 0. The summed E-state index contributed by atoms with van der Waals surface area (Å²) in [6.45, 7) is 0.421. The van der Waals surface area contributed by atoms with Gasteiger partial charge in [-0.15, -0.1) is 0 Å². The third kappa shape index (κ3) is 1.61. The zero-order valence-corrected chi connectivity index (χ0v) is 7.50. The third-order valence-corrected chi connectivity index (χ3v) is 3.01. The average Bonchev–Trinajstić information content (AvgIpc) is 2.09. The largest absolute Gasteiger partial charge is 0.329 e. The normalized spacial score (nSPS) is 39.5. The van der Waals surface area contributed by atoms with Crippen LogP contribution in [0.5, 0.6) is 0 Å². The molecule has 3 unspecified atom stereocenters. The Hall–Kier alpha value is -0.160. The summed E-state index contributed by atoms with van der Waals surface area (Å²) in [5.41, 5.74) is 23.0. The molecule has 0 aliphatic heterocycles. The summed E-state index contributed by atoms with van der Waals surface area (Å²) in [4.78, 5) is 0. The van der Waals surface area contributed by atoms with Crippen molar-refractivity contribution in [1.29, 1.82) is 0 Å². The van der Waals surface area contributed by atoms with E-state index in [0.29, 0.717) is 6.54 Å². The Morgan fingerprint density at radius 1 is 1.42 bits per heavy atom. The highest BCUT2D eigenvalue weighted by Crippen LogP contribution is 2.26. The fraction of sp³-hybridized carbons (Fsp3) is 1.00. The maximum atomic E-state index is 6.13. The number of hydrogen-bond donors (Lipinski definition) is 4. The lowest BCUT2D eigenvalue weighted by Crippen LogP contribution is -2.68. The van der Waals surface area contributed by atoms with Gasteiger partial charge in [0.1, 0.15) is 0 Å². The molecule has 8 N–H and O–H groups in total. The lowest BCUT2D eigenvalue weighted by atomic mass is 9.74. The van der Waals surface area contributed by atoms with Crippen molar-refractivity contribution >= 4 is 0 Å². The molecule has 0 heterocycles. The van der Waals surface area contributed by atoms with E-state index in [4.69, 9.17) is 22.9 Å². The van der Waals surface area contributed by atoms with Gasteiger partial charge >= 0.3 is 0 Å². The molecule has 0 radical (unpaired) electrons. The quantitative estimate of drug-likeness (QED) is 0.423. The highest BCUT2D eigenvalue weighted by atomic mass is 14.9. The Balaban J connectivity index is 2.65. The maximum absolute atomic E-state index is 6.13. The van der Waals surface area contributed by atoms with Crippen molar-refractivity contribution in [3.05, 3.63) is 0 Å². The van der Waals surface area contributed by atoms with Crippen LogP contribution >= 0.6 is 0 Å². The predicted octanol–water partition coefficient (Wildman–Crippen LogP) is -1.13. The lowest BCUT2D eigenvalue weighted by Gasteiger charge is -2.43. The van der Waals surface area contributed by atoms with Gasteiger partial charge in [0.05, 0.1) is 0 Å². The fourth-order valence-corrected chi connectivity index (χ4v) is 1.93. The van der Waals surface area contributed by atoms with Crippen LogP contribution in [0.4, 0.5) is 0 Å². The molecule has 0 bridgehead atoms. The van der Waals surface area contributed by atoms with Crippen LogP contribution in [0, 0.1) is 0 Å². The van der Waals surface area contributed by atoms with Crippen LogP contribution in [-0.2, 0) is 0 Å². The molecule has 1 rings (SSSR count). The van der Waals surface area contributed by atoms with Crippen molar-refractivity contribution in [2.75, 3.05) is 6.54 Å². The first-order chi connectivity index (χ1) is 5.61. The summed E-state index contributed by atoms with van der Waals surface area (Å²) in [6, 6.07) is -0.141. The van der Waals surface area contributed by atoms with Crippen molar-refractivity contribution < 1.29 is 0 Å². The zero-order valence-electron chi connectivity index (χ0n) is 7.50. The molecule has 0 saturated heterocycles. The van der Waals surface area contributed by atoms with Gasteiger partial charge in [0.2, 0.25) is 0 Å². The predicted molar refractivity (Wildman–Crippen MR) is 50.4 cm³/mol.